The summed E-state index contributed by atoms with van der Waals surface area (Å²) in [5, 5.41) is 1.66. The fourth-order valence-electron chi connectivity index (χ4n) is 2.53. The van der Waals surface area contributed by atoms with Crippen molar-refractivity contribution >= 4 is 28.4 Å². The summed E-state index contributed by atoms with van der Waals surface area (Å²) in [6.07, 6.45) is 1.46. The number of benzene rings is 2. The lowest BCUT2D eigenvalue weighted by Gasteiger charge is -2.11. The van der Waals surface area contributed by atoms with Gasteiger partial charge in [-0.15, -0.1) is 0 Å². The largest absolute Gasteiger partial charge is 0.435 e. The molecule has 128 valence electrons. The first-order valence-electron chi connectivity index (χ1n) is 8.08. The normalized spacial score (nSPS) is 10.8. The number of nitrogens with zero attached hydrogens (tertiary/aromatic N) is 3. The number of fused-ring (bicyclic) bond motifs is 1. The number of nitrogen functional groups attached to an aromatic ring is 1. The Morgan fingerprint density at radius 3 is 2.62 bits per heavy atom. The van der Waals surface area contributed by atoms with Crippen LogP contribution in [0.5, 0.6) is 11.6 Å². The van der Waals surface area contributed by atoms with Gasteiger partial charge in [0, 0.05) is 16.0 Å². The van der Waals surface area contributed by atoms with E-state index in [1.807, 2.05) is 67.6 Å². The van der Waals surface area contributed by atoms with E-state index in [1.165, 1.54) is 18.1 Å². The van der Waals surface area contributed by atoms with Crippen molar-refractivity contribution in [1.82, 2.24) is 15.0 Å². The minimum absolute atomic E-state index is 0.328. The lowest BCUT2D eigenvalue weighted by molar-refractivity contribution is 0.466. The van der Waals surface area contributed by atoms with Crippen LogP contribution in [0.2, 0.25) is 0 Å². The number of hydrogen-bond acceptors (Lipinski definition) is 6. The van der Waals surface area contributed by atoms with Gasteiger partial charge >= 0.3 is 0 Å². The third-order valence-electron chi connectivity index (χ3n) is 3.80. The van der Waals surface area contributed by atoms with Gasteiger partial charge in [-0.1, -0.05) is 48.2 Å². The third-order valence-corrected chi connectivity index (χ3v) is 4.82. The van der Waals surface area contributed by atoms with Crippen LogP contribution < -0.4 is 10.5 Å². The molecule has 2 aromatic carbocycles. The van der Waals surface area contributed by atoms with Crippen molar-refractivity contribution in [3.63, 3.8) is 0 Å². The van der Waals surface area contributed by atoms with Gasteiger partial charge in [0.05, 0.1) is 0 Å². The average molecular weight is 360 g/mol. The Morgan fingerprint density at radius 1 is 0.923 bits per heavy atom. The van der Waals surface area contributed by atoms with E-state index in [1.54, 1.807) is 0 Å². The SMILES string of the molecule is Cc1ccc2cccc(Oc3ncnc(Sc4ccccc4)c3N)c2n1. The van der Waals surface area contributed by atoms with Crippen LogP contribution in [0.1, 0.15) is 5.69 Å². The van der Waals surface area contributed by atoms with Crippen LogP contribution in [-0.2, 0) is 0 Å². The Balaban J connectivity index is 1.69. The summed E-state index contributed by atoms with van der Waals surface area (Å²) >= 11 is 1.47. The number of para-hydroxylation sites is 1. The molecule has 0 bridgehead atoms. The van der Waals surface area contributed by atoms with Crippen LogP contribution in [0.25, 0.3) is 10.9 Å². The second-order valence-electron chi connectivity index (χ2n) is 5.70. The van der Waals surface area contributed by atoms with Gasteiger partial charge in [0.2, 0.25) is 5.88 Å². The Morgan fingerprint density at radius 2 is 1.77 bits per heavy atom. The summed E-state index contributed by atoms with van der Waals surface area (Å²) in [6.45, 7) is 1.95. The molecule has 4 aromatic rings. The van der Waals surface area contributed by atoms with Crippen LogP contribution in [0, 0.1) is 6.92 Å². The zero-order valence-electron chi connectivity index (χ0n) is 14.1. The smallest absolute Gasteiger partial charge is 0.247 e. The molecule has 0 radical (unpaired) electrons. The van der Waals surface area contributed by atoms with E-state index in [9.17, 15) is 0 Å². The molecule has 0 fully saturated rings. The van der Waals surface area contributed by atoms with E-state index >= 15 is 0 Å². The van der Waals surface area contributed by atoms with E-state index in [0.29, 0.717) is 22.3 Å². The van der Waals surface area contributed by atoms with Gasteiger partial charge in [-0.25, -0.2) is 9.97 Å². The van der Waals surface area contributed by atoms with Crippen LogP contribution in [0.4, 0.5) is 5.69 Å². The molecule has 0 aliphatic rings. The number of aryl methyl sites for hydroxylation is 1. The highest BCUT2D eigenvalue weighted by Gasteiger charge is 2.13. The Kier molecular flexibility index (Phi) is 4.41. The molecule has 5 nitrogen and oxygen atoms in total. The summed E-state index contributed by atoms with van der Waals surface area (Å²) < 4.78 is 6.00. The molecule has 0 spiro atoms. The molecular weight excluding hydrogens is 344 g/mol. The van der Waals surface area contributed by atoms with Crippen molar-refractivity contribution < 1.29 is 4.74 Å². The monoisotopic (exact) mass is 360 g/mol. The van der Waals surface area contributed by atoms with Crippen LogP contribution >= 0.6 is 11.8 Å². The van der Waals surface area contributed by atoms with Gasteiger partial charge in [-0.2, -0.15) is 4.98 Å². The Hall–Kier alpha value is -3.12. The van der Waals surface area contributed by atoms with Crippen LogP contribution in [0.3, 0.4) is 0 Å². The molecule has 0 unspecified atom stereocenters. The van der Waals surface area contributed by atoms with Crippen LogP contribution in [-0.4, -0.2) is 15.0 Å². The number of ether oxygens (including phenoxy) is 1. The lowest BCUT2D eigenvalue weighted by atomic mass is 10.2. The lowest BCUT2D eigenvalue weighted by Crippen LogP contribution is -2.00. The molecule has 0 aliphatic heterocycles. The topological polar surface area (TPSA) is 73.9 Å². The predicted molar refractivity (Wildman–Crippen MR) is 104 cm³/mol. The number of rotatable bonds is 4. The van der Waals surface area contributed by atoms with E-state index in [0.717, 1.165) is 21.5 Å². The van der Waals surface area contributed by atoms with E-state index in [-0.39, 0.29) is 0 Å². The molecular formula is C20H16N4OS. The fourth-order valence-corrected chi connectivity index (χ4v) is 3.34. The second kappa shape index (κ2) is 7.01. The van der Waals surface area contributed by atoms with Gasteiger partial charge in [0.15, 0.2) is 5.75 Å². The standard InChI is InChI=1S/C20H16N4OS/c1-13-10-11-14-6-5-9-16(18(14)24-13)25-19-17(21)20(23-12-22-19)26-15-7-3-2-4-8-15/h2-12H,21H2,1H3. The molecule has 0 atom stereocenters. The number of hydrogen-bond donors (Lipinski definition) is 1. The molecule has 0 amide bonds. The third kappa shape index (κ3) is 3.32. The number of pyridine rings is 1. The summed E-state index contributed by atoms with van der Waals surface area (Å²) in [5.74, 6) is 0.946. The highest BCUT2D eigenvalue weighted by atomic mass is 32.2. The molecule has 0 aliphatic carbocycles. The fraction of sp³-hybridized carbons (Fsp3) is 0.0500. The summed E-state index contributed by atoms with van der Waals surface area (Å²) in [4.78, 5) is 14.1. The van der Waals surface area contributed by atoms with Crippen molar-refractivity contribution in [2.75, 3.05) is 5.73 Å². The quantitative estimate of drug-likeness (QED) is 0.524. The minimum atomic E-state index is 0.328. The van der Waals surface area contributed by atoms with E-state index < -0.39 is 0 Å². The zero-order chi connectivity index (χ0) is 17.9. The zero-order valence-corrected chi connectivity index (χ0v) is 14.9. The number of aromatic nitrogens is 3. The summed E-state index contributed by atoms with van der Waals surface area (Å²) in [5.41, 5.74) is 8.37. The van der Waals surface area contributed by atoms with Crippen LogP contribution in [0.15, 0.2) is 76.9 Å². The van der Waals surface area contributed by atoms with Crippen molar-refractivity contribution in [2.24, 2.45) is 0 Å². The summed E-state index contributed by atoms with van der Waals surface area (Å²) in [6, 6.07) is 19.7. The van der Waals surface area contributed by atoms with E-state index in [2.05, 4.69) is 15.0 Å². The van der Waals surface area contributed by atoms with Gasteiger partial charge in [0.1, 0.15) is 22.6 Å². The highest BCUT2D eigenvalue weighted by Crippen LogP contribution is 2.36. The van der Waals surface area contributed by atoms with Crippen molar-refractivity contribution in [2.45, 2.75) is 16.8 Å². The molecule has 4 rings (SSSR count). The summed E-state index contributed by atoms with van der Waals surface area (Å²) in [7, 11) is 0. The van der Waals surface area contributed by atoms with Crippen molar-refractivity contribution in [3.05, 3.63) is 72.7 Å². The molecule has 2 heterocycles. The van der Waals surface area contributed by atoms with E-state index in [4.69, 9.17) is 10.5 Å². The maximum atomic E-state index is 6.26. The van der Waals surface area contributed by atoms with Crippen molar-refractivity contribution in [3.8, 4) is 11.6 Å². The average Bonchev–Trinajstić information content (AvgIpc) is 2.66. The molecule has 6 heteroatoms. The molecule has 26 heavy (non-hydrogen) atoms. The maximum absolute atomic E-state index is 6.26. The van der Waals surface area contributed by atoms with Gasteiger partial charge < -0.3 is 10.5 Å². The number of nitrogens with two attached hydrogens (primary N) is 1. The molecule has 0 saturated heterocycles. The highest BCUT2D eigenvalue weighted by molar-refractivity contribution is 7.99. The Bertz CT molecular complexity index is 1070. The first kappa shape index (κ1) is 16.4. The van der Waals surface area contributed by atoms with Gasteiger partial charge in [0.25, 0.3) is 0 Å². The number of anilines is 1. The predicted octanol–water partition coefficient (Wildman–Crippen LogP) is 4.86. The Labute approximate surface area is 155 Å². The second-order valence-corrected chi connectivity index (χ2v) is 6.76. The minimum Gasteiger partial charge on any atom is -0.435 e. The molecule has 0 saturated carbocycles. The van der Waals surface area contributed by atoms with Gasteiger partial charge in [-0.05, 0) is 31.2 Å². The van der Waals surface area contributed by atoms with Crippen molar-refractivity contribution in [1.29, 1.82) is 0 Å². The molecule has 2 aromatic heterocycles. The first-order valence-corrected chi connectivity index (χ1v) is 8.90. The maximum Gasteiger partial charge on any atom is 0.247 e. The van der Waals surface area contributed by atoms with Gasteiger partial charge in [-0.3, -0.25) is 0 Å². The first-order chi connectivity index (χ1) is 12.7. The molecule has 2 N–H and O–H groups in total.